The maximum atomic E-state index is 11.8. The summed E-state index contributed by atoms with van der Waals surface area (Å²) in [5.74, 6) is -0.0385. The van der Waals surface area contributed by atoms with Crippen molar-refractivity contribution in [3.8, 4) is 0 Å². The van der Waals surface area contributed by atoms with E-state index in [0.29, 0.717) is 13.0 Å². The van der Waals surface area contributed by atoms with Crippen molar-refractivity contribution in [2.24, 2.45) is 0 Å². The molecule has 1 aliphatic heterocycles. The number of amides is 1. The second kappa shape index (κ2) is 6.29. The molecule has 6 nitrogen and oxygen atoms in total. The summed E-state index contributed by atoms with van der Waals surface area (Å²) in [5.41, 5.74) is 2.98. The minimum atomic E-state index is -0.423. The van der Waals surface area contributed by atoms with Crippen LogP contribution in [0.5, 0.6) is 0 Å². The van der Waals surface area contributed by atoms with Gasteiger partial charge in [0.05, 0.1) is 4.92 Å². The highest BCUT2D eigenvalue weighted by molar-refractivity contribution is 5.93. The van der Waals surface area contributed by atoms with E-state index in [0.717, 1.165) is 29.8 Å². The van der Waals surface area contributed by atoms with E-state index in [2.05, 4.69) is 10.6 Å². The molecule has 106 valence electrons. The van der Waals surface area contributed by atoms with Gasteiger partial charge in [0, 0.05) is 37.3 Å². The Balaban J connectivity index is 1.81. The summed E-state index contributed by atoms with van der Waals surface area (Å²) < 4.78 is 0. The van der Waals surface area contributed by atoms with Crippen molar-refractivity contribution in [2.75, 3.05) is 19.6 Å². The number of nitro benzene ring substituents is 1. The fourth-order valence-electron chi connectivity index (χ4n) is 1.91. The van der Waals surface area contributed by atoms with Gasteiger partial charge in [-0.3, -0.25) is 14.9 Å². The third-order valence-electron chi connectivity index (χ3n) is 3.39. The Morgan fingerprint density at radius 3 is 2.50 bits per heavy atom. The fraction of sp³-hybridized carbons (Fsp3) is 0.357. The maximum Gasteiger partial charge on any atom is 0.269 e. The molecule has 2 rings (SSSR count). The van der Waals surface area contributed by atoms with E-state index >= 15 is 0 Å². The van der Waals surface area contributed by atoms with Crippen LogP contribution in [0, 0.1) is 10.1 Å². The van der Waals surface area contributed by atoms with E-state index in [1.54, 1.807) is 12.1 Å². The molecule has 1 aromatic rings. The van der Waals surface area contributed by atoms with Gasteiger partial charge in [0.25, 0.3) is 5.69 Å². The smallest absolute Gasteiger partial charge is 0.269 e. The molecule has 1 aliphatic rings. The summed E-state index contributed by atoms with van der Waals surface area (Å²) in [6.45, 7) is 3.94. The van der Waals surface area contributed by atoms with Gasteiger partial charge >= 0.3 is 0 Å². The highest BCUT2D eigenvalue weighted by Crippen LogP contribution is 2.12. The summed E-state index contributed by atoms with van der Waals surface area (Å²) >= 11 is 0. The normalized spacial score (nSPS) is 13.6. The van der Waals surface area contributed by atoms with Crippen LogP contribution in [0.1, 0.15) is 12.5 Å². The predicted octanol–water partition coefficient (Wildman–Crippen LogP) is 1.17. The third kappa shape index (κ3) is 3.42. The van der Waals surface area contributed by atoms with Gasteiger partial charge in [0.1, 0.15) is 0 Å². The summed E-state index contributed by atoms with van der Waals surface area (Å²) in [6.07, 6.45) is 0.657. The highest BCUT2D eigenvalue weighted by atomic mass is 16.6. The van der Waals surface area contributed by atoms with Crippen molar-refractivity contribution in [2.45, 2.75) is 13.3 Å². The van der Waals surface area contributed by atoms with Gasteiger partial charge in [-0.25, -0.2) is 0 Å². The summed E-state index contributed by atoms with van der Waals surface area (Å²) in [7, 11) is 0. The molecule has 6 heteroatoms. The van der Waals surface area contributed by atoms with Crippen LogP contribution in [0.15, 0.2) is 35.4 Å². The second-order valence-corrected chi connectivity index (χ2v) is 4.76. The monoisotopic (exact) mass is 275 g/mol. The molecule has 20 heavy (non-hydrogen) atoms. The van der Waals surface area contributed by atoms with Crippen LogP contribution in [-0.4, -0.2) is 30.5 Å². The molecule has 0 unspecified atom stereocenters. The fourth-order valence-corrected chi connectivity index (χ4v) is 1.91. The first-order chi connectivity index (χ1) is 9.58. The van der Waals surface area contributed by atoms with E-state index in [1.165, 1.54) is 12.1 Å². The SMILES string of the molecule is CC(C(=O)NCCc1ccc([N+](=O)[O-])cc1)=C1CNC1. The number of nitro groups is 1. The Labute approximate surface area is 117 Å². The first-order valence-corrected chi connectivity index (χ1v) is 6.49. The number of rotatable bonds is 5. The van der Waals surface area contributed by atoms with E-state index in [1.807, 2.05) is 6.92 Å². The number of hydrogen-bond donors (Lipinski definition) is 2. The predicted molar refractivity (Wildman–Crippen MR) is 75.4 cm³/mol. The molecule has 2 N–H and O–H groups in total. The van der Waals surface area contributed by atoms with E-state index in [-0.39, 0.29) is 11.6 Å². The zero-order valence-corrected chi connectivity index (χ0v) is 11.3. The zero-order chi connectivity index (χ0) is 14.5. The van der Waals surface area contributed by atoms with Gasteiger partial charge in [-0.2, -0.15) is 0 Å². The third-order valence-corrected chi connectivity index (χ3v) is 3.39. The summed E-state index contributed by atoms with van der Waals surface area (Å²) in [4.78, 5) is 21.9. The first-order valence-electron chi connectivity index (χ1n) is 6.49. The molecule has 0 aliphatic carbocycles. The molecule has 0 atom stereocenters. The second-order valence-electron chi connectivity index (χ2n) is 4.76. The minimum Gasteiger partial charge on any atom is -0.352 e. The molecule has 1 saturated heterocycles. The van der Waals surface area contributed by atoms with Gasteiger partial charge in [-0.05, 0) is 24.5 Å². The van der Waals surface area contributed by atoms with Gasteiger partial charge < -0.3 is 10.6 Å². The van der Waals surface area contributed by atoms with Gasteiger partial charge in [0.2, 0.25) is 5.91 Å². The quantitative estimate of drug-likeness (QED) is 0.480. The average Bonchev–Trinajstić information content (AvgIpc) is 2.37. The van der Waals surface area contributed by atoms with Crippen molar-refractivity contribution in [3.05, 3.63) is 51.1 Å². The average molecular weight is 275 g/mol. The molecule has 1 heterocycles. The van der Waals surface area contributed by atoms with Crippen LogP contribution >= 0.6 is 0 Å². The number of carbonyl (C=O) groups is 1. The van der Waals surface area contributed by atoms with Gasteiger partial charge in [-0.15, -0.1) is 0 Å². The zero-order valence-electron chi connectivity index (χ0n) is 11.3. The highest BCUT2D eigenvalue weighted by Gasteiger charge is 2.15. The molecule has 0 aromatic heterocycles. The maximum absolute atomic E-state index is 11.8. The Kier molecular flexibility index (Phi) is 4.47. The molecule has 1 aromatic carbocycles. The number of nitrogens with one attached hydrogen (secondary N) is 2. The molecule has 0 spiro atoms. The number of hydrogen-bond acceptors (Lipinski definition) is 4. The van der Waals surface area contributed by atoms with Crippen molar-refractivity contribution in [3.63, 3.8) is 0 Å². The van der Waals surface area contributed by atoms with Crippen LogP contribution in [0.3, 0.4) is 0 Å². The Morgan fingerprint density at radius 1 is 1.35 bits per heavy atom. The van der Waals surface area contributed by atoms with Crippen molar-refractivity contribution < 1.29 is 9.72 Å². The van der Waals surface area contributed by atoms with Crippen LogP contribution in [0.2, 0.25) is 0 Å². The van der Waals surface area contributed by atoms with Crippen molar-refractivity contribution in [1.82, 2.24) is 10.6 Å². The number of non-ortho nitro benzene ring substituents is 1. The molecule has 0 saturated carbocycles. The Morgan fingerprint density at radius 2 is 2.00 bits per heavy atom. The summed E-state index contributed by atoms with van der Waals surface area (Å²) in [5, 5.41) is 16.5. The van der Waals surface area contributed by atoms with Crippen LogP contribution in [0.25, 0.3) is 0 Å². The molecule has 0 radical (unpaired) electrons. The van der Waals surface area contributed by atoms with Crippen molar-refractivity contribution >= 4 is 11.6 Å². The lowest BCUT2D eigenvalue weighted by atomic mass is 10.0. The van der Waals surface area contributed by atoms with E-state index < -0.39 is 4.92 Å². The van der Waals surface area contributed by atoms with Gasteiger partial charge in [-0.1, -0.05) is 12.1 Å². The molecule has 0 bridgehead atoms. The van der Waals surface area contributed by atoms with Crippen LogP contribution in [0.4, 0.5) is 5.69 Å². The van der Waals surface area contributed by atoms with E-state index in [4.69, 9.17) is 0 Å². The standard InChI is InChI=1S/C14H17N3O3/c1-10(12-8-15-9-12)14(18)16-7-6-11-2-4-13(5-3-11)17(19)20/h2-5,15H,6-9H2,1H3,(H,16,18). The van der Waals surface area contributed by atoms with Gasteiger partial charge in [0.15, 0.2) is 0 Å². The topological polar surface area (TPSA) is 84.3 Å². The lowest BCUT2D eigenvalue weighted by Gasteiger charge is -2.21. The first kappa shape index (κ1) is 14.2. The number of benzene rings is 1. The Hall–Kier alpha value is -2.21. The largest absolute Gasteiger partial charge is 0.352 e. The number of carbonyl (C=O) groups excluding carboxylic acids is 1. The van der Waals surface area contributed by atoms with Crippen molar-refractivity contribution in [1.29, 1.82) is 0 Å². The van der Waals surface area contributed by atoms with Crippen LogP contribution < -0.4 is 10.6 Å². The molecular formula is C14H17N3O3. The molecular weight excluding hydrogens is 258 g/mol. The Bertz CT molecular complexity index is 543. The summed E-state index contributed by atoms with van der Waals surface area (Å²) in [6, 6.07) is 6.38. The number of nitrogens with zero attached hydrogens (tertiary/aromatic N) is 1. The molecule has 1 amide bonds. The van der Waals surface area contributed by atoms with Crippen LogP contribution in [-0.2, 0) is 11.2 Å². The molecule has 1 fully saturated rings. The lowest BCUT2D eigenvalue weighted by molar-refractivity contribution is -0.384. The minimum absolute atomic E-state index is 0.0385. The lowest BCUT2D eigenvalue weighted by Crippen LogP contribution is -2.38. The van der Waals surface area contributed by atoms with E-state index in [9.17, 15) is 14.9 Å².